The Balaban J connectivity index is 2.71. The number of carbonyl (C=O) groups is 1. The van der Waals surface area contributed by atoms with Gasteiger partial charge >= 0.3 is 5.97 Å². The van der Waals surface area contributed by atoms with Gasteiger partial charge in [-0.3, -0.25) is 14.9 Å². The van der Waals surface area contributed by atoms with Gasteiger partial charge in [-0.25, -0.2) is 0 Å². The number of terminal acetylenes is 1. The molecule has 108 valence electrons. The summed E-state index contributed by atoms with van der Waals surface area (Å²) in [4.78, 5) is 21.6. The summed E-state index contributed by atoms with van der Waals surface area (Å²) in [6, 6.07) is 1.83. The van der Waals surface area contributed by atoms with E-state index in [2.05, 4.69) is 5.92 Å². The zero-order chi connectivity index (χ0) is 15.7. The molecular formula is C14H13N3O4. The number of hydrogen-bond acceptors (Lipinski definition) is 4. The van der Waals surface area contributed by atoms with E-state index in [-0.39, 0.29) is 12.1 Å². The van der Waals surface area contributed by atoms with Crippen LogP contribution in [0.3, 0.4) is 0 Å². The maximum Gasteiger partial charge on any atom is 0.320 e. The van der Waals surface area contributed by atoms with E-state index >= 15 is 0 Å². The number of nitro benzene ring substituents is 1. The van der Waals surface area contributed by atoms with Crippen LogP contribution in [-0.4, -0.2) is 26.6 Å². The quantitative estimate of drug-likeness (QED) is 0.495. The van der Waals surface area contributed by atoms with E-state index in [1.807, 2.05) is 0 Å². The van der Waals surface area contributed by atoms with Crippen LogP contribution in [0, 0.1) is 22.5 Å². The predicted octanol–water partition coefficient (Wildman–Crippen LogP) is 1.02. The SMILES string of the molecule is C#Cc1cc([N+](=O)[O-])c2c(CC(N)C(=O)O)cn(C)c2c1. The molecule has 0 bridgehead atoms. The average molecular weight is 287 g/mol. The van der Waals surface area contributed by atoms with E-state index in [4.69, 9.17) is 17.3 Å². The molecule has 0 aliphatic rings. The zero-order valence-electron chi connectivity index (χ0n) is 11.2. The van der Waals surface area contributed by atoms with Crippen LogP contribution in [-0.2, 0) is 18.3 Å². The molecule has 0 aliphatic heterocycles. The van der Waals surface area contributed by atoms with Crippen LogP contribution in [0.5, 0.6) is 0 Å². The summed E-state index contributed by atoms with van der Waals surface area (Å²) in [5, 5.41) is 20.5. The van der Waals surface area contributed by atoms with E-state index < -0.39 is 16.9 Å². The maximum atomic E-state index is 11.2. The minimum atomic E-state index is -1.16. The van der Waals surface area contributed by atoms with Crippen LogP contribution in [0.4, 0.5) is 5.69 Å². The molecule has 2 aromatic rings. The standard InChI is InChI=1S/C14H13N3O4/c1-3-8-4-11-13(12(5-8)17(20)21)9(7-16(11)2)6-10(15)14(18)19/h1,4-5,7,10H,6,15H2,2H3,(H,18,19). The summed E-state index contributed by atoms with van der Waals surface area (Å²) in [5.41, 5.74) is 6.85. The molecule has 0 aliphatic carbocycles. The number of aromatic nitrogens is 1. The van der Waals surface area contributed by atoms with Gasteiger partial charge in [0, 0.05) is 31.3 Å². The van der Waals surface area contributed by atoms with Crippen molar-refractivity contribution in [3.8, 4) is 12.3 Å². The molecule has 1 atom stereocenters. The number of carboxylic acid groups (broad SMARTS) is 1. The van der Waals surface area contributed by atoms with Crippen LogP contribution in [0.25, 0.3) is 10.9 Å². The number of rotatable bonds is 4. The molecular weight excluding hydrogens is 274 g/mol. The van der Waals surface area contributed by atoms with Crippen molar-refractivity contribution in [3.63, 3.8) is 0 Å². The van der Waals surface area contributed by atoms with E-state index in [1.54, 1.807) is 23.9 Å². The molecule has 0 amide bonds. The van der Waals surface area contributed by atoms with Gasteiger partial charge in [-0.05, 0) is 11.6 Å². The molecule has 0 saturated heterocycles. The lowest BCUT2D eigenvalue weighted by molar-refractivity contribution is -0.383. The van der Waals surface area contributed by atoms with Crippen molar-refractivity contribution in [1.29, 1.82) is 0 Å². The second-order valence-electron chi connectivity index (χ2n) is 4.71. The second-order valence-corrected chi connectivity index (χ2v) is 4.71. The van der Waals surface area contributed by atoms with Crippen LogP contribution < -0.4 is 5.73 Å². The summed E-state index contributed by atoms with van der Waals surface area (Å²) in [6.45, 7) is 0. The third kappa shape index (κ3) is 2.57. The number of hydrogen-bond donors (Lipinski definition) is 2. The number of aliphatic carboxylic acids is 1. The lowest BCUT2D eigenvalue weighted by atomic mass is 10.0. The number of non-ortho nitro benzene ring substituents is 1. The molecule has 0 fully saturated rings. The minimum Gasteiger partial charge on any atom is -0.480 e. The first-order chi connectivity index (χ1) is 9.85. The Morgan fingerprint density at radius 3 is 2.81 bits per heavy atom. The molecule has 1 unspecified atom stereocenters. The average Bonchev–Trinajstić information content (AvgIpc) is 2.74. The highest BCUT2D eigenvalue weighted by Gasteiger charge is 2.23. The fraction of sp³-hybridized carbons (Fsp3) is 0.214. The Kier molecular flexibility index (Phi) is 3.65. The number of nitrogens with zero attached hydrogens (tertiary/aromatic N) is 2. The normalized spacial score (nSPS) is 12.0. The lowest BCUT2D eigenvalue weighted by Crippen LogP contribution is -2.32. The van der Waals surface area contributed by atoms with Gasteiger partial charge in [0.05, 0.1) is 15.8 Å². The van der Waals surface area contributed by atoms with Crippen molar-refractivity contribution in [1.82, 2.24) is 4.57 Å². The smallest absolute Gasteiger partial charge is 0.320 e. The van der Waals surface area contributed by atoms with Crippen molar-refractivity contribution >= 4 is 22.6 Å². The first-order valence-corrected chi connectivity index (χ1v) is 6.06. The summed E-state index contributed by atoms with van der Waals surface area (Å²) in [7, 11) is 1.71. The number of aryl methyl sites for hydroxylation is 1. The predicted molar refractivity (Wildman–Crippen MR) is 76.8 cm³/mol. The van der Waals surface area contributed by atoms with Crippen LogP contribution in [0.2, 0.25) is 0 Å². The van der Waals surface area contributed by atoms with Gasteiger partial charge in [0.25, 0.3) is 5.69 Å². The summed E-state index contributed by atoms with van der Waals surface area (Å²) >= 11 is 0. The Labute approximate surface area is 120 Å². The van der Waals surface area contributed by atoms with Crippen molar-refractivity contribution in [2.45, 2.75) is 12.5 Å². The van der Waals surface area contributed by atoms with Crippen molar-refractivity contribution < 1.29 is 14.8 Å². The van der Waals surface area contributed by atoms with Crippen molar-refractivity contribution in [2.24, 2.45) is 12.8 Å². The molecule has 7 nitrogen and oxygen atoms in total. The van der Waals surface area contributed by atoms with Gasteiger partial charge in [-0.1, -0.05) is 5.92 Å². The molecule has 0 saturated carbocycles. The zero-order valence-corrected chi connectivity index (χ0v) is 11.2. The third-order valence-corrected chi connectivity index (χ3v) is 3.27. The second kappa shape index (κ2) is 5.26. The minimum absolute atomic E-state index is 0.00289. The number of fused-ring (bicyclic) bond motifs is 1. The van der Waals surface area contributed by atoms with Gasteiger partial charge < -0.3 is 15.4 Å². The van der Waals surface area contributed by atoms with Gasteiger partial charge in [-0.15, -0.1) is 6.42 Å². The van der Waals surface area contributed by atoms with Crippen LogP contribution >= 0.6 is 0 Å². The summed E-state index contributed by atoms with van der Waals surface area (Å²) in [6.07, 6.45) is 6.95. The third-order valence-electron chi connectivity index (χ3n) is 3.27. The van der Waals surface area contributed by atoms with Gasteiger partial charge in [-0.2, -0.15) is 0 Å². The largest absolute Gasteiger partial charge is 0.480 e. The lowest BCUT2D eigenvalue weighted by Gasteiger charge is -2.05. The number of nitrogens with two attached hydrogens (primary N) is 1. The number of benzene rings is 1. The Bertz CT molecular complexity index is 786. The molecule has 1 heterocycles. The number of nitro groups is 1. The molecule has 0 spiro atoms. The molecule has 2 rings (SSSR count). The molecule has 0 radical (unpaired) electrons. The van der Waals surface area contributed by atoms with E-state index in [1.165, 1.54) is 6.07 Å². The van der Waals surface area contributed by atoms with Gasteiger partial charge in [0.2, 0.25) is 0 Å². The first kappa shape index (κ1) is 14.6. The summed E-state index contributed by atoms with van der Waals surface area (Å²) in [5.74, 6) is 1.22. The Morgan fingerprint density at radius 2 is 2.29 bits per heavy atom. The molecule has 3 N–H and O–H groups in total. The fourth-order valence-electron chi connectivity index (χ4n) is 2.29. The highest BCUT2D eigenvalue weighted by molar-refractivity contribution is 5.94. The molecule has 21 heavy (non-hydrogen) atoms. The highest BCUT2D eigenvalue weighted by atomic mass is 16.6. The first-order valence-electron chi connectivity index (χ1n) is 6.06. The van der Waals surface area contributed by atoms with Crippen LogP contribution in [0.1, 0.15) is 11.1 Å². The highest BCUT2D eigenvalue weighted by Crippen LogP contribution is 2.32. The Morgan fingerprint density at radius 1 is 1.62 bits per heavy atom. The van der Waals surface area contributed by atoms with Crippen molar-refractivity contribution in [2.75, 3.05) is 0 Å². The van der Waals surface area contributed by atoms with E-state index in [0.29, 0.717) is 22.0 Å². The van der Waals surface area contributed by atoms with E-state index in [0.717, 1.165) is 0 Å². The van der Waals surface area contributed by atoms with Crippen LogP contribution in [0.15, 0.2) is 18.3 Å². The fourth-order valence-corrected chi connectivity index (χ4v) is 2.29. The van der Waals surface area contributed by atoms with Gasteiger partial charge in [0.1, 0.15) is 6.04 Å². The summed E-state index contributed by atoms with van der Waals surface area (Å²) < 4.78 is 1.67. The topological polar surface area (TPSA) is 111 Å². The Hall–Kier alpha value is -2.85. The monoisotopic (exact) mass is 287 g/mol. The van der Waals surface area contributed by atoms with Crippen molar-refractivity contribution in [3.05, 3.63) is 39.6 Å². The number of carboxylic acids is 1. The van der Waals surface area contributed by atoms with Gasteiger partial charge in [0.15, 0.2) is 0 Å². The molecule has 1 aromatic carbocycles. The molecule has 1 aromatic heterocycles. The van der Waals surface area contributed by atoms with E-state index in [9.17, 15) is 14.9 Å². The maximum absolute atomic E-state index is 11.2. The molecule has 7 heteroatoms.